The van der Waals surface area contributed by atoms with Crippen LogP contribution < -0.4 is 0 Å². The average molecular weight is 200 g/mol. The lowest BCUT2D eigenvalue weighted by molar-refractivity contribution is 0.505. The lowest BCUT2D eigenvalue weighted by Gasteiger charge is -2.24. The van der Waals surface area contributed by atoms with Crippen LogP contribution in [0.15, 0.2) is 12.4 Å². The van der Waals surface area contributed by atoms with E-state index in [1.54, 1.807) is 0 Å². The van der Waals surface area contributed by atoms with Crippen molar-refractivity contribution in [2.24, 2.45) is 0 Å². The van der Waals surface area contributed by atoms with Gasteiger partial charge in [0, 0.05) is 28.5 Å². The Bertz CT molecular complexity index is 288. The minimum Gasteiger partial charge on any atom is -0.268 e. The molecule has 0 atom stereocenters. The van der Waals surface area contributed by atoms with Crippen molar-refractivity contribution in [2.75, 3.05) is 11.5 Å². The van der Waals surface area contributed by atoms with E-state index in [2.05, 4.69) is 5.10 Å². The molecule has 1 fully saturated rings. The second-order valence-corrected chi connectivity index (χ2v) is 4.47. The summed E-state index contributed by atoms with van der Waals surface area (Å²) in [5, 5.41) is 4.15. The topological polar surface area (TPSA) is 34.9 Å². The fraction of sp³-hybridized carbons (Fsp3) is 0.667. The third-order valence-corrected chi connectivity index (χ3v) is 3.37. The van der Waals surface area contributed by atoms with Crippen molar-refractivity contribution in [3.63, 3.8) is 0 Å². The Kier molecular flexibility index (Phi) is 3.66. The first-order valence-electron chi connectivity index (χ1n) is 4.61. The predicted octanol–water partition coefficient (Wildman–Crippen LogP) is 1.52. The van der Waals surface area contributed by atoms with Gasteiger partial charge in [0.15, 0.2) is 0 Å². The van der Waals surface area contributed by atoms with Crippen molar-refractivity contribution in [3.8, 4) is 0 Å². The van der Waals surface area contributed by atoms with Gasteiger partial charge in [0.25, 0.3) is 0 Å². The Morgan fingerprint density at radius 1 is 1.54 bits per heavy atom. The molecule has 0 N–H and O–H groups in total. The van der Waals surface area contributed by atoms with E-state index in [0.717, 1.165) is 11.5 Å². The van der Waals surface area contributed by atoms with E-state index in [1.807, 2.05) is 37.8 Å². The van der Waals surface area contributed by atoms with Crippen molar-refractivity contribution in [2.45, 2.75) is 26.8 Å². The van der Waals surface area contributed by atoms with E-state index in [-0.39, 0.29) is 0 Å². The molecule has 0 bridgehead atoms. The Labute approximate surface area is 81.6 Å². The molecule has 0 radical (unpaired) electrons. The van der Waals surface area contributed by atoms with Gasteiger partial charge in [-0.2, -0.15) is 5.10 Å². The molecular formula is C9H16N2OS. The molecule has 0 unspecified atom stereocenters. The van der Waals surface area contributed by atoms with Crippen LogP contribution >= 0.6 is 0 Å². The maximum Gasteiger partial charge on any atom is 0.0749 e. The van der Waals surface area contributed by atoms with E-state index in [9.17, 15) is 4.21 Å². The Morgan fingerprint density at radius 2 is 2.15 bits per heavy atom. The van der Waals surface area contributed by atoms with Crippen LogP contribution in [0.2, 0.25) is 0 Å². The molecule has 0 amide bonds. The van der Waals surface area contributed by atoms with Gasteiger partial charge in [0.1, 0.15) is 0 Å². The molecule has 2 heterocycles. The molecule has 1 aliphatic rings. The lowest BCUT2D eigenvalue weighted by atomic mass is 10.4. The third-order valence-electron chi connectivity index (χ3n) is 1.86. The summed E-state index contributed by atoms with van der Waals surface area (Å²) in [4.78, 5) is 0. The largest absolute Gasteiger partial charge is 0.268 e. The van der Waals surface area contributed by atoms with Crippen LogP contribution in [0.5, 0.6) is 0 Å². The highest BCUT2D eigenvalue weighted by Gasteiger charge is 2.27. The molecule has 1 saturated heterocycles. The number of hydrogen-bond acceptors (Lipinski definition) is 2. The van der Waals surface area contributed by atoms with E-state index in [1.165, 1.54) is 5.56 Å². The zero-order valence-corrected chi connectivity index (χ0v) is 9.17. The highest BCUT2D eigenvalue weighted by atomic mass is 32.2. The highest BCUT2D eigenvalue weighted by molar-refractivity contribution is 7.86. The van der Waals surface area contributed by atoms with E-state index in [0.29, 0.717) is 6.04 Å². The number of aromatic nitrogens is 2. The van der Waals surface area contributed by atoms with Crippen LogP contribution in [0.1, 0.15) is 25.5 Å². The SMILES string of the molecule is CC.Cc1cnn(C2CS(=O)C2)c1. The van der Waals surface area contributed by atoms with Gasteiger partial charge >= 0.3 is 0 Å². The molecule has 13 heavy (non-hydrogen) atoms. The summed E-state index contributed by atoms with van der Waals surface area (Å²) in [5.74, 6) is 1.56. The molecule has 0 aromatic carbocycles. The molecule has 0 saturated carbocycles. The molecule has 74 valence electrons. The fourth-order valence-corrected chi connectivity index (χ4v) is 2.23. The van der Waals surface area contributed by atoms with Crippen LogP contribution in [-0.2, 0) is 10.8 Å². The number of nitrogens with zero attached hydrogens (tertiary/aromatic N) is 2. The van der Waals surface area contributed by atoms with Crippen molar-refractivity contribution in [1.29, 1.82) is 0 Å². The molecule has 0 aliphatic carbocycles. The predicted molar refractivity (Wildman–Crippen MR) is 55.2 cm³/mol. The average Bonchev–Trinajstić information content (AvgIpc) is 2.50. The second kappa shape index (κ2) is 4.56. The van der Waals surface area contributed by atoms with E-state index in [4.69, 9.17) is 0 Å². The Balaban J connectivity index is 0.000000396. The summed E-state index contributed by atoms with van der Waals surface area (Å²) in [6.07, 6.45) is 3.84. The number of aryl methyl sites for hydroxylation is 1. The summed E-state index contributed by atoms with van der Waals surface area (Å²) in [7, 11) is -0.574. The van der Waals surface area contributed by atoms with Gasteiger partial charge in [0.2, 0.25) is 0 Å². The highest BCUT2D eigenvalue weighted by Crippen LogP contribution is 2.19. The van der Waals surface area contributed by atoms with Gasteiger partial charge in [0.05, 0.1) is 12.2 Å². The zero-order valence-electron chi connectivity index (χ0n) is 8.36. The molecule has 4 heteroatoms. The first kappa shape index (κ1) is 10.4. The maximum atomic E-state index is 10.8. The fourth-order valence-electron chi connectivity index (χ4n) is 1.17. The lowest BCUT2D eigenvalue weighted by Crippen LogP contribution is -2.33. The first-order valence-corrected chi connectivity index (χ1v) is 6.10. The molecular weight excluding hydrogens is 184 g/mol. The minimum atomic E-state index is -0.574. The van der Waals surface area contributed by atoms with Crippen molar-refractivity contribution < 1.29 is 4.21 Å². The third kappa shape index (κ3) is 2.40. The van der Waals surface area contributed by atoms with Crippen LogP contribution in [-0.4, -0.2) is 25.5 Å². The summed E-state index contributed by atoms with van der Waals surface area (Å²) in [6, 6.07) is 0.393. The number of hydrogen-bond donors (Lipinski definition) is 0. The smallest absolute Gasteiger partial charge is 0.0749 e. The van der Waals surface area contributed by atoms with Gasteiger partial charge in [-0.15, -0.1) is 0 Å². The number of rotatable bonds is 1. The minimum absolute atomic E-state index is 0.393. The van der Waals surface area contributed by atoms with Gasteiger partial charge in [-0.25, -0.2) is 0 Å². The zero-order chi connectivity index (χ0) is 9.84. The molecule has 1 aliphatic heterocycles. The molecule has 1 aromatic heterocycles. The van der Waals surface area contributed by atoms with Crippen LogP contribution in [0, 0.1) is 6.92 Å². The quantitative estimate of drug-likeness (QED) is 0.689. The monoisotopic (exact) mass is 200 g/mol. The molecule has 1 aromatic rings. The van der Waals surface area contributed by atoms with Gasteiger partial charge in [-0.05, 0) is 12.5 Å². The maximum absolute atomic E-state index is 10.8. The molecule has 0 spiro atoms. The van der Waals surface area contributed by atoms with E-state index >= 15 is 0 Å². The Hall–Kier alpha value is -0.640. The van der Waals surface area contributed by atoms with E-state index < -0.39 is 10.8 Å². The standard InChI is InChI=1S/C7H10N2OS.C2H6/c1-6-2-8-9(3-6)7-4-11(10)5-7;1-2/h2-3,7H,4-5H2,1H3;1-2H3. The van der Waals surface area contributed by atoms with Gasteiger partial charge in [-0.1, -0.05) is 13.8 Å². The van der Waals surface area contributed by atoms with Crippen LogP contribution in [0.25, 0.3) is 0 Å². The molecule has 2 rings (SSSR count). The van der Waals surface area contributed by atoms with Crippen LogP contribution in [0.4, 0.5) is 0 Å². The first-order chi connectivity index (χ1) is 6.25. The summed E-state index contributed by atoms with van der Waals surface area (Å²) in [5.41, 5.74) is 1.17. The van der Waals surface area contributed by atoms with Crippen LogP contribution in [0.3, 0.4) is 0 Å². The van der Waals surface area contributed by atoms with Crippen molar-refractivity contribution in [1.82, 2.24) is 9.78 Å². The summed E-state index contributed by atoms with van der Waals surface area (Å²) < 4.78 is 12.7. The summed E-state index contributed by atoms with van der Waals surface area (Å²) >= 11 is 0. The molecule has 3 nitrogen and oxygen atoms in total. The normalized spacial score (nSPS) is 25.8. The van der Waals surface area contributed by atoms with Crippen molar-refractivity contribution >= 4 is 10.8 Å². The Morgan fingerprint density at radius 3 is 2.54 bits per heavy atom. The van der Waals surface area contributed by atoms with Crippen molar-refractivity contribution in [3.05, 3.63) is 18.0 Å². The summed E-state index contributed by atoms with van der Waals surface area (Å²) in [6.45, 7) is 6.01. The van der Waals surface area contributed by atoms with Gasteiger partial charge < -0.3 is 0 Å². The van der Waals surface area contributed by atoms with Gasteiger partial charge in [-0.3, -0.25) is 8.89 Å². The second-order valence-electron chi connectivity index (χ2n) is 2.92.